The Morgan fingerprint density at radius 2 is 2.29 bits per heavy atom. The number of hydrogen-bond donors (Lipinski definition) is 2. The van der Waals surface area contributed by atoms with E-state index >= 15 is 0 Å². The molecule has 2 rings (SSSR count). The van der Waals surface area contributed by atoms with Crippen LogP contribution in [0.3, 0.4) is 0 Å². The molecular weight excluding hydrogens is 218 g/mol. The molecule has 0 bridgehead atoms. The Morgan fingerprint density at radius 1 is 1.53 bits per heavy atom. The predicted molar refractivity (Wildman–Crippen MR) is 64.2 cm³/mol. The van der Waals surface area contributed by atoms with Crippen LogP contribution in [0.1, 0.15) is 29.3 Å². The summed E-state index contributed by atoms with van der Waals surface area (Å²) in [6.07, 6.45) is 0.816. The SMILES string of the molecule is Cc1ccc(C(=O)NC2(C)CCOC2)cc1O. The van der Waals surface area contributed by atoms with E-state index in [4.69, 9.17) is 4.74 Å². The van der Waals surface area contributed by atoms with Gasteiger partial charge < -0.3 is 15.2 Å². The van der Waals surface area contributed by atoms with Gasteiger partial charge >= 0.3 is 0 Å². The maximum Gasteiger partial charge on any atom is 0.251 e. The standard InChI is InChI=1S/C13H17NO3/c1-9-3-4-10(7-11(9)15)12(16)14-13(2)5-6-17-8-13/h3-4,7,15H,5-6,8H2,1-2H3,(H,14,16). The number of phenolic OH excluding ortho intramolecular Hbond substituents is 1. The molecule has 1 atom stereocenters. The third-order valence-corrected chi connectivity index (χ3v) is 3.11. The lowest BCUT2D eigenvalue weighted by Crippen LogP contribution is -2.46. The van der Waals surface area contributed by atoms with Gasteiger partial charge in [-0.2, -0.15) is 0 Å². The fourth-order valence-electron chi connectivity index (χ4n) is 1.86. The Labute approximate surface area is 101 Å². The molecule has 1 fully saturated rings. The Balaban J connectivity index is 2.11. The molecule has 1 aromatic rings. The smallest absolute Gasteiger partial charge is 0.251 e. The van der Waals surface area contributed by atoms with Crippen LogP contribution >= 0.6 is 0 Å². The van der Waals surface area contributed by atoms with Gasteiger partial charge in [0.2, 0.25) is 0 Å². The van der Waals surface area contributed by atoms with Crippen molar-refractivity contribution in [2.45, 2.75) is 25.8 Å². The third kappa shape index (κ3) is 2.58. The minimum absolute atomic E-state index is 0.144. The Morgan fingerprint density at radius 3 is 2.88 bits per heavy atom. The van der Waals surface area contributed by atoms with Crippen molar-refractivity contribution in [3.05, 3.63) is 29.3 Å². The van der Waals surface area contributed by atoms with Crippen molar-refractivity contribution in [2.24, 2.45) is 0 Å². The fourth-order valence-corrected chi connectivity index (χ4v) is 1.86. The Hall–Kier alpha value is -1.55. The van der Waals surface area contributed by atoms with Crippen molar-refractivity contribution >= 4 is 5.91 Å². The highest BCUT2D eigenvalue weighted by molar-refractivity contribution is 5.95. The number of phenols is 1. The second kappa shape index (κ2) is 4.37. The number of nitrogens with one attached hydrogen (secondary N) is 1. The number of carbonyl (C=O) groups excluding carboxylic acids is 1. The van der Waals surface area contributed by atoms with Crippen molar-refractivity contribution in [1.29, 1.82) is 0 Å². The largest absolute Gasteiger partial charge is 0.508 e. The molecule has 0 aliphatic carbocycles. The van der Waals surface area contributed by atoms with Gasteiger partial charge in [-0.1, -0.05) is 6.07 Å². The zero-order valence-corrected chi connectivity index (χ0v) is 10.1. The molecule has 0 aromatic heterocycles. The molecule has 4 heteroatoms. The molecule has 0 radical (unpaired) electrons. The average Bonchev–Trinajstić information content (AvgIpc) is 2.69. The van der Waals surface area contributed by atoms with Gasteiger partial charge in [0, 0.05) is 12.2 Å². The quantitative estimate of drug-likeness (QED) is 0.818. The lowest BCUT2D eigenvalue weighted by atomic mass is 10.0. The summed E-state index contributed by atoms with van der Waals surface area (Å²) >= 11 is 0. The zero-order valence-electron chi connectivity index (χ0n) is 10.1. The van der Waals surface area contributed by atoms with E-state index in [9.17, 15) is 9.90 Å². The molecule has 1 unspecified atom stereocenters. The van der Waals surface area contributed by atoms with E-state index < -0.39 is 0 Å². The van der Waals surface area contributed by atoms with Crippen LogP contribution in [0.15, 0.2) is 18.2 Å². The van der Waals surface area contributed by atoms with E-state index in [1.165, 1.54) is 6.07 Å². The molecule has 92 valence electrons. The van der Waals surface area contributed by atoms with Gasteiger partial charge in [-0.3, -0.25) is 4.79 Å². The lowest BCUT2D eigenvalue weighted by Gasteiger charge is -2.23. The number of ether oxygens (including phenoxy) is 1. The monoisotopic (exact) mass is 235 g/mol. The summed E-state index contributed by atoms with van der Waals surface area (Å²) in [5.74, 6) is -0.0289. The molecular formula is C13H17NO3. The van der Waals surface area contributed by atoms with Crippen molar-refractivity contribution < 1.29 is 14.6 Å². The normalized spacial score (nSPS) is 23.6. The van der Waals surface area contributed by atoms with E-state index in [1.807, 2.05) is 6.92 Å². The lowest BCUT2D eigenvalue weighted by molar-refractivity contribution is 0.0889. The maximum absolute atomic E-state index is 12.0. The summed E-state index contributed by atoms with van der Waals surface area (Å²) in [5.41, 5.74) is 0.940. The Bertz CT molecular complexity index is 436. The molecule has 1 aliphatic rings. The second-order valence-corrected chi connectivity index (χ2v) is 4.82. The molecule has 1 amide bonds. The molecule has 17 heavy (non-hydrogen) atoms. The van der Waals surface area contributed by atoms with Crippen LogP contribution in [0, 0.1) is 6.92 Å². The molecule has 0 spiro atoms. The van der Waals surface area contributed by atoms with Crippen LogP contribution in [0.2, 0.25) is 0 Å². The van der Waals surface area contributed by atoms with E-state index in [1.54, 1.807) is 19.1 Å². The summed E-state index contributed by atoms with van der Waals surface area (Å²) in [7, 11) is 0. The van der Waals surface area contributed by atoms with E-state index in [-0.39, 0.29) is 17.2 Å². The first-order valence-corrected chi connectivity index (χ1v) is 5.70. The first kappa shape index (κ1) is 11.9. The topological polar surface area (TPSA) is 58.6 Å². The van der Waals surface area contributed by atoms with Crippen LogP contribution in [-0.4, -0.2) is 29.8 Å². The molecule has 1 saturated heterocycles. The van der Waals surface area contributed by atoms with Crippen LogP contribution in [0.25, 0.3) is 0 Å². The molecule has 2 N–H and O–H groups in total. The predicted octanol–water partition coefficient (Wildman–Crippen LogP) is 1.61. The molecule has 1 heterocycles. The summed E-state index contributed by atoms with van der Waals surface area (Å²) < 4.78 is 5.28. The second-order valence-electron chi connectivity index (χ2n) is 4.82. The minimum atomic E-state index is -0.294. The maximum atomic E-state index is 12.0. The number of rotatable bonds is 2. The average molecular weight is 235 g/mol. The van der Waals surface area contributed by atoms with E-state index in [0.717, 1.165) is 12.0 Å². The minimum Gasteiger partial charge on any atom is -0.508 e. The van der Waals surface area contributed by atoms with Crippen molar-refractivity contribution in [2.75, 3.05) is 13.2 Å². The highest BCUT2D eigenvalue weighted by Crippen LogP contribution is 2.20. The third-order valence-electron chi connectivity index (χ3n) is 3.11. The van der Waals surface area contributed by atoms with Crippen molar-refractivity contribution in [3.63, 3.8) is 0 Å². The highest BCUT2D eigenvalue weighted by atomic mass is 16.5. The number of aromatic hydroxyl groups is 1. The van der Waals surface area contributed by atoms with E-state index in [2.05, 4.69) is 5.32 Å². The van der Waals surface area contributed by atoms with Gasteiger partial charge in [-0.05, 0) is 38.0 Å². The number of aryl methyl sites for hydroxylation is 1. The van der Waals surface area contributed by atoms with Crippen LogP contribution in [0.5, 0.6) is 5.75 Å². The number of amides is 1. The number of hydrogen-bond acceptors (Lipinski definition) is 3. The van der Waals surface area contributed by atoms with Crippen LogP contribution in [0.4, 0.5) is 0 Å². The van der Waals surface area contributed by atoms with E-state index in [0.29, 0.717) is 18.8 Å². The first-order valence-electron chi connectivity index (χ1n) is 5.70. The van der Waals surface area contributed by atoms with Gasteiger partial charge in [0.25, 0.3) is 5.91 Å². The summed E-state index contributed by atoms with van der Waals surface area (Å²) in [6, 6.07) is 4.94. The van der Waals surface area contributed by atoms with Crippen LogP contribution in [-0.2, 0) is 4.74 Å². The summed E-state index contributed by atoms with van der Waals surface area (Å²) in [6.45, 7) is 4.97. The molecule has 1 aromatic carbocycles. The zero-order chi connectivity index (χ0) is 12.5. The number of carbonyl (C=O) groups is 1. The van der Waals surface area contributed by atoms with Gasteiger partial charge in [-0.25, -0.2) is 0 Å². The van der Waals surface area contributed by atoms with Gasteiger partial charge in [0.05, 0.1) is 12.1 Å². The first-order chi connectivity index (χ1) is 8.00. The molecule has 4 nitrogen and oxygen atoms in total. The number of benzene rings is 1. The fraction of sp³-hybridized carbons (Fsp3) is 0.462. The van der Waals surface area contributed by atoms with Gasteiger partial charge in [-0.15, -0.1) is 0 Å². The summed E-state index contributed by atoms with van der Waals surface area (Å²) in [4.78, 5) is 12.0. The van der Waals surface area contributed by atoms with Crippen molar-refractivity contribution in [1.82, 2.24) is 5.32 Å². The molecule has 0 saturated carbocycles. The Kier molecular flexibility index (Phi) is 3.07. The van der Waals surface area contributed by atoms with Crippen molar-refractivity contribution in [3.8, 4) is 5.75 Å². The van der Waals surface area contributed by atoms with Gasteiger partial charge in [0.15, 0.2) is 0 Å². The van der Waals surface area contributed by atoms with Gasteiger partial charge in [0.1, 0.15) is 5.75 Å². The summed E-state index contributed by atoms with van der Waals surface area (Å²) in [5, 5.41) is 12.5. The molecule has 1 aliphatic heterocycles. The highest BCUT2D eigenvalue weighted by Gasteiger charge is 2.31. The van der Waals surface area contributed by atoms with Crippen LogP contribution < -0.4 is 5.32 Å².